The lowest BCUT2D eigenvalue weighted by atomic mass is 9.81. The first kappa shape index (κ1) is 21.5. The molecular formula is C22H23ClN2O5. The molecule has 0 unspecified atom stereocenters. The summed E-state index contributed by atoms with van der Waals surface area (Å²) in [6.45, 7) is 3.68. The fourth-order valence-electron chi connectivity index (χ4n) is 3.43. The molecule has 0 aliphatic carbocycles. The lowest BCUT2D eigenvalue weighted by Gasteiger charge is -2.28. The van der Waals surface area contributed by atoms with Crippen LogP contribution in [-0.4, -0.2) is 31.8 Å². The molecule has 0 spiro atoms. The zero-order chi connectivity index (χ0) is 21.9. The van der Waals surface area contributed by atoms with E-state index >= 15 is 0 Å². The van der Waals surface area contributed by atoms with E-state index in [4.69, 9.17) is 25.8 Å². The van der Waals surface area contributed by atoms with E-state index in [1.807, 2.05) is 26.0 Å². The molecule has 30 heavy (non-hydrogen) atoms. The molecule has 0 saturated heterocycles. The Morgan fingerprint density at radius 1 is 1.00 bits per heavy atom. The number of anilines is 1. The fourth-order valence-corrected chi connectivity index (χ4v) is 3.56. The van der Waals surface area contributed by atoms with E-state index in [2.05, 4.69) is 10.6 Å². The highest BCUT2D eigenvalue weighted by molar-refractivity contribution is 6.30. The maximum atomic E-state index is 12.6. The molecule has 158 valence electrons. The third-order valence-electron chi connectivity index (χ3n) is 4.78. The van der Waals surface area contributed by atoms with Crippen molar-refractivity contribution in [3.63, 3.8) is 0 Å². The normalized spacial score (nSPS) is 17.2. The lowest BCUT2D eigenvalue weighted by molar-refractivity contribution is -0.136. The van der Waals surface area contributed by atoms with Gasteiger partial charge in [-0.2, -0.15) is 0 Å². The van der Waals surface area contributed by atoms with Gasteiger partial charge in [0, 0.05) is 10.7 Å². The topological polar surface area (TPSA) is 85.9 Å². The van der Waals surface area contributed by atoms with Gasteiger partial charge in [-0.3, -0.25) is 5.32 Å². The van der Waals surface area contributed by atoms with Crippen LogP contribution >= 0.6 is 11.6 Å². The first-order valence-electron chi connectivity index (χ1n) is 9.24. The first-order chi connectivity index (χ1) is 14.2. The average Bonchev–Trinajstić information content (AvgIpc) is 2.98. The minimum Gasteiger partial charge on any atom is -0.497 e. The molecule has 1 atom stereocenters. The van der Waals surface area contributed by atoms with E-state index in [1.54, 1.807) is 43.5 Å². The summed E-state index contributed by atoms with van der Waals surface area (Å²) < 4.78 is 16.1. The minimum absolute atomic E-state index is 0.0535. The minimum atomic E-state index is -0.805. The van der Waals surface area contributed by atoms with Gasteiger partial charge in [0.2, 0.25) is 5.88 Å². The zero-order valence-corrected chi connectivity index (χ0v) is 17.9. The van der Waals surface area contributed by atoms with Gasteiger partial charge in [0.15, 0.2) is 0 Å². The monoisotopic (exact) mass is 430 g/mol. The smallest absolute Gasteiger partial charge is 0.339 e. The lowest BCUT2D eigenvalue weighted by Crippen LogP contribution is -2.32. The van der Waals surface area contributed by atoms with Gasteiger partial charge in [-0.05, 0) is 55.8 Å². The molecule has 0 saturated carbocycles. The number of esters is 1. The summed E-state index contributed by atoms with van der Waals surface area (Å²) >= 11 is 6.00. The Labute approximate surface area is 180 Å². The summed E-state index contributed by atoms with van der Waals surface area (Å²) in [5, 5.41) is 5.91. The predicted molar refractivity (Wildman–Crippen MR) is 114 cm³/mol. The molecule has 1 aliphatic rings. The second-order valence-corrected chi connectivity index (χ2v) is 7.67. The molecule has 2 aromatic rings. The van der Waals surface area contributed by atoms with Gasteiger partial charge in [-0.25, -0.2) is 9.59 Å². The summed E-state index contributed by atoms with van der Waals surface area (Å²) in [4.78, 5) is 25.1. The quantitative estimate of drug-likeness (QED) is 0.684. The highest BCUT2D eigenvalue weighted by atomic mass is 35.5. The number of methoxy groups -OCH3 is 2. The molecule has 8 heteroatoms. The van der Waals surface area contributed by atoms with Crippen molar-refractivity contribution in [3.05, 3.63) is 70.6 Å². The number of rotatable bonds is 5. The average molecular weight is 431 g/mol. The van der Waals surface area contributed by atoms with Crippen LogP contribution in [0.25, 0.3) is 0 Å². The summed E-state index contributed by atoms with van der Waals surface area (Å²) in [7, 11) is 2.85. The van der Waals surface area contributed by atoms with Gasteiger partial charge in [-0.1, -0.05) is 23.7 Å². The Hall–Kier alpha value is -3.19. The predicted octanol–water partition coefficient (Wildman–Crippen LogP) is 4.45. The van der Waals surface area contributed by atoms with E-state index in [1.165, 1.54) is 7.11 Å². The van der Waals surface area contributed by atoms with Crippen LogP contribution in [0.5, 0.6) is 5.75 Å². The molecule has 0 aromatic heterocycles. The van der Waals surface area contributed by atoms with Crippen molar-refractivity contribution in [2.24, 2.45) is 0 Å². The number of carbonyl (C=O) groups is 2. The number of halogens is 1. The van der Waals surface area contributed by atoms with Gasteiger partial charge in [-0.15, -0.1) is 0 Å². The molecule has 1 heterocycles. The zero-order valence-electron chi connectivity index (χ0n) is 17.1. The number of urea groups is 1. The number of ether oxygens (including phenoxy) is 3. The Morgan fingerprint density at radius 3 is 2.20 bits per heavy atom. The van der Waals surface area contributed by atoms with Crippen LogP contribution in [0.2, 0.25) is 5.02 Å². The molecule has 0 fully saturated rings. The van der Waals surface area contributed by atoms with Crippen molar-refractivity contribution in [1.82, 2.24) is 5.32 Å². The van der Waals surface area contributed by atoms with Gasteiger partial charge in [0.05, 0.1) is 20.1 Å². The SMILES string of the molecule is COC(=O)C1=C(NC(=O)Nc2ccc(OC)cc2)OC(C)(C)[C@H]1c1ccc(Cl)cc1. The van der Waals surface area contributed by atoms with Crippen LogP contribution in [0.3, 0.4) is 0 Å². The molecule has 2 amide bonds. The highest BCUT2D eigenvalue weighted by Crippen LogP contribution is 2.45. The van der Waals surface area contributed by atoms with Crippen LogP contribution in [0.15, 0.2) is 60.0 Å². The van der Waals surface area contributed by atoms with E-state index in [9.17, 15) is 9.59 Å². The van der Waals surface area contributed by atoms with Crippen molar-refractivity contribution < 1.29 is 23.8 Å². The van der Waals surface area contributed by atoms with E-state index in [0.29, 0.717) is 16.5 Å². The number of carbonyl (C=O) groups excluding carboxylic acids is 2. The highest BCUT2D eigenvalue weighted by Gasteiger charge is 2.48. The molecule has 0 radical (unpaired) electrons. The maximum Gasteiger partial charge on any atom is 0.339 e. The number of amides is 2. The Kier molecular flexibility index (Phi) is 6.22. The van der Waals surface area contributed by atoms with Gasteiger partial charge >= 0.3 is 12.0 Å². The van der Waals surface area contributed by atoms with Crippen molar-refractivity contribution in [1.29, 1.82) is 0 Å². The number of nitrogens with one attached hydrogen (secondary N) is 2. The van der Waals surface area contributed by atoms with Gasteiger partial charge < -0.3 is 19.5 Å². The van der Waals surface area contributed by atoms with Crippen LogP contribution in [-0.2, 0) is 14.3 Å². The fraction of sp³-hybridized carbons (Fsp3) is 0.273. The first-order valence-corrected chi connectivity index (χ1v) is 9.62. The second-order valence-electron chi connectivity index (χ2n) is 7.23. The standard InChI is InChI=1S/C22H23ClN2O5/c1-22(2)18(13-5-7-14(23)8-6-13)17(20(26)29-4)19(30-22)25-21(27)24-15-9-11-16(28-3)12-10-15/h5-12,18H,1-4H3,(H2,24,25,27)/t18-/m0/s1. The van der Waals surface area contributed by atoms with Crippen molar-refractivity contribution >= 4 is 29.3 Å². The third kappa shape index (κ3) is 4.52. The summed E-state index contributed by atoms with van der Waals surface area (Å²) in [6, 6.07) is 13.4. The van der Waals surface area contributed by atoms with Crippen molar-refractivity contribution in [3.8, 4) is 5.75 Å². The van der Waals surface area contributed by atoms with E-state index in [0.717, 1.165) is 5.56 Å². The van der Waals surface area contributed by atoms with Crippen LogP contribution in [0.1, 0.15) is 25.3 Å². The summed E-state index contributed by atoms with van der Waals surface area (Å²) in [5.41, 5.74) is 0.798. The Balaban J connectivity index is 1.89. The van der Waals surface area contributed by atoms with Crippen molar-refractivity contribution in [2.75, 3.05) is 19.5 Å². The third-order valence-corrected chi connectivity index (χ3v) is 5.03. The van der Waals surface area contributed by atoms with E-state index < -0.39 is 23.5 Å². The maximum absolute atomic E-state index is 12.6. The van der Waals surface area contributed by atoms with Crippen LogP contribution < -0.4 is 15.4 Å². The van der Waals surface area contributed by atoms with Crippen LogP contribution in [0, 0.1) is 0 Å². The van der Waals surface area contributed by atoms with Crippen molar-refractivity contribution in [2.45, 2.75) is 25.4 Å². The number of hydrogen-bond donors (Lipinski definition) is 2. The van der Waals surface area contributed by atoms with Gasteiger partial charge in [0.25, 0.3) is 0 Å². The molecule has 2 N–H and O–H groups in total. The number of benzene rings is 2. The molecule has 7 nitrogen and oxygen atoms in total. The number of hydrogen-bond acceptors (Lipinski definition) is 5. The Morgan fingerprint density at radius 2 is 1.63 bits per heavy atom. The molecular weight excluding hydrogens is 408 g/mol. The van der Waals surface area contributed by atoms with E-state index in [-0.39, 0.29) is 11.5 Å². The van der Waals surface area contributed by atoms with Gasteiger partial charge in [0.1, 0.15) is 16.9 Å². The molecule has 1 aliphatic heterocycles. The molecule has 2 aromatic carbocycles. The largest absolute Gasteiger partial charge is 0.497 e. The summed E-state index contributed by atoms with van der Waals surface area (Å²) in [6.07, 6.45) is 0. The molecule has 0 bridgehead atoms. The summed E-state index contributed by atoms with van der Waals surface area (Å²) in [5.74, 6) is -0.320. The Bertz CT molecular complexity index is 968. The molecule has 3 rings (SSSR count). The second kappa shape index (κ2) is 8.67. The van der Waals surface area contributed by atoms with Crippen LogP contribution in [0.4, 0.5) is 10.5 Å².